The molecule has 0 radical (unpaired) electrons. The number of thiocarbonyl (C=S) groups is 1. The Morgan fingerprint density at radius 1 is 1.09 bits per heavy atom. The van der Waals surface area contributed by atoms with Crippen LogP contribution in [0.5, 0.6) is 0 Å². The minimum absolute atomic E-state index is 0.175. The first-order valence-electron chi connectivity index (χ1n) is 10.8. The average Bonchev–Trinajstić information content (AvgIpc) is 3.50. The van der Waals surface area contributed by atoms with Gasteiger partial charge in [0.15, 0.2) is 5.11 Å². The molecule has 34 heavy (non-hydrogen) atoms. The average molecular weight is 471 g/mol. The Morgan fingerprint density at radius 2 is 1.94 bits per heavy atom. The Labute approximate surface area is 202 Å². The van der Waals surface area contributed by atoms with Gasteiger partial charge < -0.3 is 19.4 Å². The molecule has 2 atom stereocenters. The lowest BCUT2D eigenvalue weighted by Gasteiger charge is -2.26. The van der Waals surface area contributed by atoms with Crippen LogP contribution in [0, 0.1) is 0 Å². The van der Waals surface area contributed by atoms with Gasteiger partial charge in [-0.25, -0.2) is 4.79 Å². The molecule has 4 aromatic rings. The summed E-state index contributed by atoms with van der Waals surface area (Å²) in [7, 11) is 1.37. The van der Waals surface area contributed by atoms with E-state index in [1.165, 1.54) is 7.11 Å². The standard InChI is InChI=1S/C26H22N4O3S/c1-32-25(31)19-9-7-18(8-10-19)21-11-12-22(33-21)24-23(20-6-2-3-14-28-20)29-26(34)30(24)16-17-5-4-13-27-15-17/h2-15,23-24H,16H2,1H3,(H,29,34)/t23-,24-/m0/s1. The molecular formula is C26H22N4O3S. The highest BCUT2D eigenvalue weighted by molar-refractivity contribution is 7.80. The van der Waals surface area contributed by atoms with Gasteiger partial charge >= 0.3 is 5.97 Å². The number of pyridine rings is 2. The van der Waals surface area contributed by atoms with Gasteiger partial charge in [0.05, 0.1) is 24.4 Å². The van der Waals surface area contributed by atoms with Crippen LogP contribution in [-0.2, 0) is 11.3 Å². The predicted octanol–water partition coefficient (Wildman–Crippen LogP) is 4.70. The second-order valence-corrected chi connectivity index (χ2v) is 8.27. The third-order valence-corrected chi connectivity index (χ3v) is 6.13. The molecule has 1 N–H and O–H groups in total. The predicted molar refractivity (Wildman–Crippen MR) is 131 cm³/mol. The highest BCUT2D eigenvalue weighted by atomic mass is 32.1. The van der Waals surface area contributed by atoms with Crippen molar-refractivity contribution in [1.82, 2.24) is 20.2 Å². The fourth-order valence-corrected chi connectivity index (χ4v) is 4.43. The van der Waals surface area contributed by atoms with Crippen LogP contribution in [0.3, 0.4) is 0 Å². The van der Waals surface area contributed by atoms with Crippen molar-refractivity contribution in [3.05, 3.63) is 108 Å². The molecule has 170 valence electrons. The summed E-state index contributed by atoms with van der Waals surface area (Å²) in [4.78, 5) is 22.7. The fraction of sp³-hybridized carbons (Fsp3) is 0.154. The maximum atomic E-state index is 11.7. The summed E-state index contributed by atoms with van der Waals surface area (Å²) in [5.41, 5.74) is 3.27. The summed E-state index contributed by atoms with van der Waals surface area (Å²) in [5.74, 6) is 1.09. The largest absolute Gasteiger partial charge is 0.465 e. The Balaban J connectivity index is 1.49. The van der Waals surface area contributed by atoms with Crippen LogP contribution < -0.4 is 5.32 Å². The van der Waals surface area contributed by atoms with Crippen LogP contribution in [0.25, 0.3) is 11.3 Å². The molecule has 1 aliphatic rings. The quantitative estimate of drug-likeness (QED) is 0.321. The third-order valence-electron chi connectivity index (χ3n) is 5.78. The molecule has 8 heteroatoms. The number of aromatic nitrogens is 2. The molecule has 1 aliphatic heterocycles. The molecule has 3 aromatic heterocycles. The number of benzene rings is 1. The van der Waals surface area contributed by atoms with Crippen molar-refractivity contribution >= 4 is 23.3 Å². The summed E-state index contributed by atoms with van der Waals surface area (Å²) >= 11 is 5.73. The van der Waals surface area contributed by atoms with Crippen molar-refractivity contribution in [2.24, 2.45) is 0 Å². The van der Waals surface area contributed by atoms with Gasteiger partial charge in [-0.3, -0.25) is 9.97 Å². The summed E-state index contributed by atoms with van der Waals surface area (Å²) in [6.07, 6.45) is 5.37. The van der Waals surface area contributed by atoms with E-state index in [-0.39, 0.29) is 18.1 Å². The van der Waals surface area contributed by atoms with Crippen molar-refractivity contribution < 1.29 is 13.9 Å². The zero-order valence-corrected chi connectivity index (χ0v) is 19.2. The lowest BCUT2D eigenvalue weighted by Crippen LogP contribution is -2.29. The van der Waals surface area contributed by atoms with Gasteiger partial charge in [-0.1, -0.05) is 24.3 Å². The van der Waals surface area contributed by atoms with Gasteiger partial charge in [0, 0.05) is 30.7 Å². The minimum atomic E-state index is -0.374. The van der Waals surface area contributed by atoms with Crippen LogP contribution in [0.1, 0.15) is 39.5 Å². The number of carbonyl (C=O) groups is 1. The molecule has 7 nitrogen and oxygen atoms in total. The molecule has 0 saturated carbocycles. The van der Waals surface area contributed by atoms with E-state index in [0.717, 1.165) is 22.6 Å². The van der Waals surface area contributed by atoms with Gasteiger partial charge in [0.1, 0.15) is 17.6 Å². The summed E-state index contributed by atoms with van der Waals surface area (Å²) < 4.78 is 11.1. The molecular weight excluding hydrogens is 448 g/mol. The van der Waals surface area contributed by atoms with Crippen molar-refractivity contribution in [3.63, 3.8) is 0 Å². The van der Waals surface area contributed by atoms with Gasteiger partial charge in [-0.15, -0.1) is 0 Å². The molecule has 0 unspecified atom stereocenters. The number of ether oxygens (including phenoxy) is 1. The van der Waals surface area contributed by atoms with E-state index < -0.39 is 0 Å². The van der Waals surface area contributed by atoms with Crippen LogP contribution >= 0.6 is 12.2 Å². The van der Waals surface area contributed by atoms with Crippen LogP contribution in [-0.4, -0.2) is 33.1 Å². The van der Waals surface area contributed by atoms with E-state index in [4.69, 9.17) is 21.4 Å². The Bertz CT molecular complexity index is 1290. The first-order valence-corrected chi connectivity index (χ1v) is 11.2. The van der Waals surface area contributed by atoms with Crippen molar-refractivity contribution in [3.8, 4) is 11.3 Å². The van der Waals surface area contributed by atoms with Crippen LogP contribution in [0.4, 0.5) is 0 Å². The Kier molecular flexibility index (Phi) is 6.05. The number of nitrogens with one attached hydrogen (secondary N) is 1. The summed E-state index contributed by atoms with van der Waals surface area (Å²) in [6, 6.07) is 20.4. The number of esters is 1. The summed E-state index contributed by atoms with van der Waals surface area (Å²) in [5, 5.41) is 4.06. The number of hydrogen-bond donors (Lipinski definition) is 1. The maximum Gasteiger partial charge on any atom is 0.337 e. The van der Waals surface area contributed by atoms with Gasteiger partial charge in [0.2, 0.25) is 0 Å². The normalized spacial score (nSPS) is 17.4. The number of furan rings is 1. The molecule has 4 heterocycles. The number of hydrogen-bond acceptors (Lipinski definition) is 6. The van der Waals surface area contributed by atoms with Gasteiger partial charge in [0.25, 0.3) is 0 Å². The second-order valence-electron chi connectivity index (χ2n) is 7.89. The van der Waals surface area contributed by atoms with Crippen molar-refractivity contribution in [2.45, 2.75) is 18.6 Å². The number of methoxy groups -OCH3 is 1. The maximum absolute atomic E-state index is 11.7. The molecule has 0 aliphatic carbocycles. The number of nitrogens with zero attached hydrogens (tertiary/aromatic N) is 3. The van der Waals surface area contributed by atoms with Crippen LogP contribution in [0.15, 0.2) is 89.7 Å². The minimum Gasteiger partial charge on any atom is -0.465 e. The van der Waals surface area contributed by atoms with E-state index in [9.17, 15) is 4.79 Å². The monoisotopic (exact) mass is 470 g/mol. The fourth-order valence-electron chi connectivity index (χ4n) is 4.13. The van der Waals surface area contributed by atoms with E-state index in [0.29, 0.717) is 23.0 Å². The number of rotatable bonds is 6. The molecule has 1 aromatic carbocycles. The van der Waals surface area contributed by atoms with Gasteiger partial charge in [-0.05, 0) is 60.2 Å². The van der Waals surface area contributed by atoms with E-state index in [2.05, 4.69) is 20.2 Å². The number of carbonyl (C=O) groups excluding carboxylic acids is 1. The Morgan fingerprint density at radius 3 is 2.65 bits per heavy atom. The van der Waals surface area contributed by atoms with Crippen LogP contribution in [0.2, 0.25) is 0 Å². The second kappa shape index (κ2) is 9.44. The zero-order valence-electron chi connectivity index (χ0n) is 18.4. The highest BCUT2D eigenvalue weighted by Gasteiger charge is 2.41. The zero-order chi connectivity index (χ0) is 23.5. The molecule has 0 bridgehead atoms. The SMILES string of the molecule is COC(=O)c1ccc(-c2ccc([C@H]3[C@H](c4ccccn4)NC(=S)N3Cc3cccnc3)o2)cc1. The highest BCUT2D eigenvalue weighted by Crippen LogP contribution is 2.41. The lowest BCUT2D eigenvalue weighted by molar-refractivity contribution is 0.0600. The topological polar surface area (TPSA) is 80.5 Å². The van der Waals surface area contributed by atoms with E-state index in [1.54, 1.807) is 24.5 Å². The summed E-state index contributed by atoms with van der Waals surface area (Å²) in [6.45, 7) is 0.581. The molecule has 0 amide bonds. The molecule has 0 spiro atoms. The first-order chi connectivity index (χ1) is 16.6. The van der Waals surface area contributed by atoms with Crippen molar-refractivity contribution in [1.29, 1.82) is 0 Å². The van der Waals surface area contributed by atoms with Gasteiger partial charge in [-0.2, -0.15) is 0 Å². The molecule has 1 fully saturated rings. The molecule has 5 rings (SSSR count). The third kappa shape index (κ3) is 4.27. The first kappa shape index (κ1) is 21.8. The Hall–Kier alpha value is -4.04. The molecule has 1 saturated heterocycles. The van der Waals surface area contributed by atoms with E-state index in [1.807, 2.05) is 60.8 Å². The lowest BCUT2D eigenvalue weighted by atomic mass is 10.0. The van der Waals surface area contributed by atoms with E-state index >= 15 is 0 Å². The smallest absolute Gasteiger partial charge is 0.337 e. The van der Waals surface area contributed by atoms with Crippen molar-refractivity contribution in [2.75, 3.05) is 7.11 Å².